The fourth-order valence-electron chi connectivity index (χ4n) is 3.11. The Balaban J connectivity index is 1.82. The Hall–Kier alpha value is -3.85. The third-order valence-electron chi connectivity index (χ3n) is 4.44. The summed E-state index contributed by atoms with van der Waals surface area (Å²) in [4.78, 5) is 52.2. The summed E-state index contributed by atoms with van der Waals surface area (Å²) in [6, 6.07) is 16.6. The van der Waals surface area contributed by atoms with Crippen LogP contribution in [0.2, 0.25) is 0 Å². The van der Waals surface area contributed by atoms with Crippen LogP contribution in [-0.4, -0.2) is 28.9 Å². The second kappa shape index (κ2) is 7.28. The molecule has 29 heavy (non-hydrogen) atoms. The Bertz CT molecular complexity index is 1010. The SMILES string of the molecule is O=C1NC(=O)/C(=C/C2C(=O)N(c3ccccc3)C(=S)N(c3ccccc3)C2=O)N1. The number of carbonyl (C=O) groups excluding carboxylic acids is 4. The minimum absolute atomic E-state index is 0.00644. The molecule has 8 nitrogen and oxygen atoms in total. The maximum atomic E-state index is 13.2. The summed E-state index contributed by atoms with van der Waals surface area (Å²) >= 11 is 5.48. The Labute approximate surface area is 170 Å². The third-order valence-corrected chi connectivity index (χ3v) is 4.80. The van der Waals surface area contributed by atoms with Crippen molar-refractivity contribution in [2.45, 2.75) is 0 Å². The molecule has 2 aliphatic heterocycles. The molecule has 2 N–H and O–H groups in total. The van der Waals surface area contributed by atoms with Gasteiger partial charge in [-0.1, -0.05) is 36.4 Å². The zero-order valence-corrected chi connectivity index (χ0v) is 15.7. The van der Waals surface area contributed by atoms with Crippen LogP contribution in [0, 0.1) is 5.92 Å². The predicted molar refractivity (Wildman–Crippen MR) is 109 cm³/mol. The molecule has 2 fully saturated rings. The molecule has 2 saturated heterocycles. The Kier molecular flexibility index (Phi) is 4.65. The van der Waals surface area contributed by atoms with Gasteiger partial charge in [0.1, 0.15) is 11.6 Å². The number of imide groups is 1. The van der Waals surface area contributed by atoms with E-state index in [1.807, 2.05) is 5.32 Å². The van der Waals surface area contributed by atoms with Crippen molar-refractivity contribution in [2.75, 3.05) is 9.80 Å². The molecule has 0 unspecified atom stereocenters. The van der Waals surface area contributed by atoms with E-state index in [0.29, 0.717) is 11.4 Å². The van der Waals surface area contributed by atoms with Crippen LogP contribution in [0.25, 0.3) is 0 Å². The number of nitrogens with one attached hydrogen (secondary N) is 2. The molecule has 0 radical (unpaired) electrons. The number of urea groups is 1. The maximum absolute atomic E-state index is 13.2. The van der Waals surface area contributed by atoms with E-state index in [2.05, 4.69) is 5.32 Å². The molecule has 4 rings (SSSR count). The quantitative estimate of drug-likeness (QED) is 0.350. The van der Waals surface area contributed by atoms with Crippen LogP contribution < -0.4 is 20.4 Å². The van der Waals surface area contributed by atoms with Gasteiger partial charge in [-0.05, 0) is 42.6 Å². The lowest BCUT2D eigenvalue weighted by Crippen LogP contribution is -2.60. The lowest BCUT2D eigenvalue weighted by atomic mass is 10.0. The lowest BCUT2D eigenvalue weighted by molar-refractivity contribution is -0.130. The van der Waals surface area contributed by atoms with Gasteiger partial charge in [0.05, 0.1) is 11.4 Å². The average molecular weight is 406 g/mol. The molecule has 2 aromatic carbocycles. The number of rotatable bonds is 3. The molecule has 5 amide bonds. The van der Waals surface area contributed by atoms with Crippen LogP contribution in [0.1, 0.15) is 0 Å². The van der Waals surface area contributed by atoms with E-state index in [-0.39, 0.29) is 10.8 Å². The Morgan fingerprint density at radius 2 is 1.24 bits per heavy atom. The average Bonchev–Trinajstić information content (AvgIpc) is 3.04. The van der Waals surface area contributed by atoms with Crippen LogP contribution in [0.15, 0.2) is 72.4 Å². The van der Waals surface area contributed by atoms with Gasteiger partial charge in [-0.3, -0.25) is 29.5 Å². The molecule has 144 valence electrons. The highest BCUT2D eigenvalue weighted by molar-refractivity contribution is 7.81. The van der Waals surface area contributed by atoms with Gasteiger partial charge in [0.2, 0.25) is 11.8 Å². The van der Waals surface area contributed by atoms with Crippen molar-refractivity contribution in [1.82, 2.24) is 10.6 Å². The standard InChI is InChI=1S/C20H14N4O4S/c25-16-15(21-19(28)22-16)11-14-17(26)23(12-7-3-1-4-8-12)20(29)24(18(14)27)13-9-5-2-6-10-13/h1-11,14H,(H2,21,22,25,28)/b15-11-. The highest BCUT2D eigenvalue weighted by Crippen LogP contribution is 2.30. The molecule has 0 saturated carbocycles. The molecule has 2 aromatic rings. The number of hydrogen-bond donors (Lipinski definition) is 2. The second-order valence-electron chi connectivity index (χ2n) is 6.27. The van der Waals surface area contributed by atoms with Crippen LogP contribution >= 0.6 is 12.2 Å². The summed E-state index contributed by atoms with van der Waals surface area (Å²) in [6.07, 6.45) is 1.15. The van der Waals surface area contributed by atoms with Crippen molar-refractivity contribution < 1.29 is 19.2 Å². The smallest absolute Gasteiger partial charge is 0.303 e. The fraction of sp³-hybridized carbons (Fsp3) is 0.0500. The highest BCUT2D eigenvalue weighted by Gasteiger charge is 2.45. The van der Waals surface area contributed by atoms with Gasteiger partial charge >= 0.3 is 6.03 Å². The minimum atomic E-state index is -1.35. The van der Waals surface area contributed by atoms with E-state index in [9.17, 15) is 19.2 Å². The summed E-state index contributed by atoms with van der Waals surface area (Å²) in [5.74, 6) is -3.28. The molecule has 2 heterocycles. The first kappa shape index (κ1) is 18.5. The highest BCUT2D eigenvalue weighted by atomic mass is 32.1. The molecule has 9 heteroatoms. The van der Waals surface area contributed by atoms with Gasteiger partial charge in [-0.15, -0.1) is 0 Å². The van der Waals surface area contributed by atoms with E-state index in [0.717, 1.165) is 6.08 Å². The maximum Gasteiger partial charge on any atom is 0.326 e. The Morgan fingerprint density at radius 1 is 0.759 bits per heavy atom. The van der Waals surface area contributed by atoms with Gasteiger partial charge in [-0.25, -0.2) is 4.79 Å². The normalized spacial score (nSPS) is 19.0. The van der Waals surface area contributed by atoms with Crippen molar-refractivity contribution in [2.24, 2.45) is 5.92 Å². The molecule has 0 spiro atoms. The lowest BCUT2D eigenvalue weighted by Gasteiger charge is -2.38. The van der Waals surface area contributed by atoms with Crippen LogP contribution in [-0.2, 0) is 14.4 Å². The van der Waals surface area contributed by atoms with Crippen molar-refractivity contribution >= 4 is 52.5 Å². The predicted octanol–water partition coefficient (Wildman–Crippen LogP) is 1.69. The number of benzene rings is 2. The van der Waals surface area contributed by atoms with Crippen molar-refractivity contribution in [3.8, 4) is 0 Å². The van der Waals surface area contributed by atoms with Gasteiger partial charge in [-0.2, -0.15) is 0 Å². The molecule has 0 bridgehead atoms. The van der Waals surface area contributed by atoms with Gasteiger partial charge in [0.25, 0.3) is 5.91 Å². The zero-order valence-electron chi connectivity index (χ0n) is 14.9. The summed E-state index contributed by atoms with van der Waals surface area (Å²) < 4.78 is 0. The molecular formula is C20H14N4O4S. The number of amides is 5. The van der Waals surface area contributed by atoms with E-state index in [1.165, 1.54) is 9.80 Å². The summed E-state index contributed by atoms with van der Waals surface area (Å²) in [5, 5.41) is 4.35. The number of para-hydroxylation sites is 2. The first-order valence-corrected chi connectivity index (χ1v) is 9.04. The van der Waals surface area contributed by atoms with Gasteiger partial charge in [0, 0.05) is 0 Å². The van der Waals surface area contributed by atoms with Gasteiger partial charge < -0.3 is 5.32 Å². The van der Waals surface area contributed by atoms with Crippen LogP contribution in [0.5, 0.6) is 0 Å². The summed E-state index contributed by atoms with van der Waals surface area (Å²) in [6.45, 7) is 0. The van der Waals surface area contributed by atoms with Crippen molar-refractivity contribution in [1.29, 1.82) is 0 Å². The largest absolute Gasteiger partial charge is 0.326 e. The first-order chi connectivity index (χ1) is 14.0. The molecular weight excluding hydrogens is 392 g/mol. The summed E-state index contributed by atoms with van der Waals surface area (Å²) in [5.41, 5.74) is 0.814. The number of hydrogen-bond acceptors (Lipinski definition) is 5. The molecule has 0 atom stereocenters. The number of anilines is 2. The van der Waals surface area contributed by atoms with Crippen molar-refractivity contribution in [3.05, 3.63) is 72.4 Å². The number of thiocarbonyl (C=S) groups is 1. The van der Waals surface area contributed by atoms with E-state index in [1.54, 1.807) is 60.7 Å². The van der Waals surface area contributed by atoms with Crippen LogP contribution in [0.3, 0.4) is 0 Å². The van der Waals surface area contributed by atoms with E-state index < -0.39 is 29.7 Å². The first-order valence-electron chi connectivity index (χ1n) is 8.63. The third kappa shape index (κ3) is 3.27. The molecule has 0 aromatic heterocycles. The van der Waals surface area contributed by atoms with E-state index >= 15 is 0 Å². The molecule has 2 aliphatic rings. The molecule has 0 aliphatic carbocycles. The second-order valence-corrected chi connectivity index (χ2v) is 6.63. The van der Waals surface area contributed by atoms with Crippen molar-refractivity contribution in [3.63, 3.8) is 0 Å². The fourth-order valence-corrected chi connectivity index (χ4v) is 3.50. The number of nitrogens with zero attached hydrogens (tertiary/aromatic N) is 2. The topological polar surface area (TPSA) is 98.8 Å². The minimum Gasteiger partial charge on any atom is -0.303 e. The Morgan fingerprint density at radius 3 is 1.66 bits per heavy atom. The van der Waals surface area contributed by atoms with Gasteiger partial charge in [0.15, 0.2) is 5.11 Å². The van der Waals surface area contributed by atoms with Crippen LogP contribution in [0.4, 0.5) is 16.2 Å². The zero-order chi connectivity index (χ0) is 20.5. The number of carbonyl (C=O) groups is 4. The monoisotopic (exact) mass is 406 g/mol. The summed E-state index contributed by atoms with van der Waals surface area (Å²) in [7, 11) is 0. The van der Waals surface area contributed by atoms with E-state index in [4.69, 9.17) is 12.2 Å².